The van der Waals surface area contributed by atoms with Crippen LogP contribution >= 0.6 is 0 Å². The van der Waals surface area contributed by atoms with Gasteiger partial charge < -0.3 is 20.1 Å². The van der Waals surface area contributed by atoms with Crippen LogP contribution in [0.25, 0.3) is 0 Å². The third-order valence-electron chi connectivity index (χ3n) is 4.45. The lowest BCUT2D eigenvalue weighted by Crippen LogP contribution is -2.44. The van der Waals surface area contributed by atoms with E-state index >= 15 is 0 Å². The van der Waals surface area contributed by atoms with Gasteiger partial charge in [0.25, 0.3) is 0 Å². The van der Waals surface area contributed by atoms with Crippen molar-refractivity contribution in [3.63, 3.8) is 0 Å². The van der Waals surface area contributed by atoms with Gasteiger partial charge in [0.15, 0.2) is 17.5 Å². The fourth-order valence-corrected chi connectivity index (χ4v) is 2.93. The molecule has 0 aliphatic carbocycles. The summed E-state index contributed by atoms with van der Waals surface area (Å²) in [5, 5.41) is 6.55. The van der Waals surface area contributed by atoms with Gasteiger partial charge in [0, 0.05) is 38.9 Å². The van der Waals surface area contributed by atoms with Gasteiger partial charge in [-0.3, -0.25) is 9.88 Å². The standard InChI is InChI=1S/C21H28FN5O2/c1-2-24-21(25-8-9-27-10-12-28-13-11-27)26-15-17-5-6-20(19(22)14-17)29-18-4-3-7-23-16-18/h3-7,14,16H,2,8-13,15H2,1H3,(H2,24,25,26). The van der Waals surface area contributed by atoms with E-state index in [4.69, 9.17) is 9.47 Å². The van der Waals surface area contributed by atoms with E-state index in [1.165, 1.54) is 6.07 Å². The molecule has 0 saturated carbocycles. The number of rotatable bonds is 8. The largest absolute Gasteiger partial charge is 0.453 e. The average Bonchev–Trinajstić information content (AvgIpc) is 2.75. The van der Waals surface area contributed by atoms with Gasteiger partial charge >= 0.3 is 0 Å². The van der Waals surface area contributed by atoms with Gasteiger partial charge in [0.2, 0.25) is 0 Å². The Labute approximate surface area is 170 Å². The summed E-state index contributed by atoms with van der Waals surface area (Å²) in [6, 6.07) is 8.36. The Bertz CT molecular complexity index is 782. The highest BCUT2D eigenvalue weighted by Gasteiger charge is 2.10. The molecular formula is C21H28FN5O2. The molecule has 2 N–H and O–H groups in total. The number of benzene rings is 1. The van der Waals surface area contributed by atoms with Crippen LogP contribution in [0.1, 0.15) is 12.5 Å². The maximum Gasteiger partial charge on any atom is 0.191 e. The third kappa shape index (κ3) is 6.99. The summed E-state index contributed by atoms with van der Waals surface area (Å²) in [6.07, 6.45) is 3.18. The molecule has 1 aromatic carbocycles. The Hall–Kier alpha value is -2.71. The first kappa shape index (κ1) is 21.0. The summed E-state index contributed by atoms with van der Waals surface area (Å²) in [5.41, 5.74) is 0.770. The number of morpholine rings is 1. The molecule has 1 fully saturated rings. The van der Waals surface area contributed by atoms with E-state index < -0.39 is 5.82 Å². The molecule has 1 aromatic heterocycles. The summed E-state index contributed by atoms with van der Waals surface area (Å²) in [5.74, 6) is 0.959. The Morgan fingerprint density at radius 3 is 2.86 bits per heavy atom. The van der Waals surface area contributed by atoms with Crippen LogP contribution in [0.5, 0.6) is 11.5 Å². The summed E-state index contributed by atoms with van der Waals surface area (Å²) < 4.78 is 25.3. The minimum absolute atomic E-state index is 0.168. The van der Waals surface area contributed by atoms with E-state index in [1.807, 2.05) is 13.0 Å². The molecule has 1 aliphatic heterocycles. The van der Waals surface area contributed by atoms with Crippen LogP contribution in [0.2, 0.25) is 0 Å². The first-order valence-electron chi connectivity index (χ1n) is 9.93. The molecule has 0 atom stereocenters. The van der Waals surface area contributed by atoms with E-state index in [-0.39, 0.29) is 5.75 Å². The van der Waals surface area contributed by atoms with Gasteiger partial charge in [-0.1, -0.05) is 6.07 Å². The van der Waals surface area contributed by atoms with Crippen molar-refractivity contribution in [3.05, 3.63) is 54.1 Å². The second-order valence-electron chi connectivity index (χ2n) is 6.63. The topological polar surface area (TPSA) is 71.0 Å². The molecule has 156 valence electrons. The number of nitrogens with one attached hydrogen (secondary N) is 2. The van der Waals surface area contributed by atoms with Crippen LogP contribution in [0, 0.1) is 5.82 Å². The van der Waals surface area contributed by atoms with Crippen molar-refractivity contribution >= 4 is 5.96 Å². The fraction of sp³-hybridized carbons (Fsp3) is 0.429. The minimum Gasteiger partial charge on any atom is -0.453 e. The summed E-state index contributed by atoms with van der Waals surface area (Å²) >= 11 is 0. The highest BCUT2D eigenvalue weighted by molar-refractivity contribution is 5.79. The number of aromatic nitrogens is 1. The molecule has 1 aliphatic rings. The first-order chi connectivity index (χ1) is 14.2. The van der Waals surface area contributed by atoms with E-state index in [2.05, 4.69) is 25.5 Å². The van der Waals surface area contributed by atoms with E-state index in [0.29, 0.717) is 12.3 Å². The number of halogens is 1. The Morgan fingerprint density at radius 2 is 2.14 bits per heavy atom. The van der Waals surface area contributed by atoms with Gasteiger partial charge in [-0.15, -0.1) is 0 Å². The van der Waals surface area contributed by atoms with Crippen molar-refractivity contribution < 1.29 is 13.9 Å². The zero-order chi connectivity index (χ0) is 20.3. The lowest BCUT2D eigenvalue weighted by molar-refractivity contribution is 0.0389. The zero-order valence-corrected chi connectivity index (χ0v) is 16.7. The average molecular weight is 401 g/mol. The normalized spacial score (nSPS) is 15.2. The van der Waals surface area contributed by atoms with Crippen LogP contribution in [0.3, 0.4) is 0 Å². The first-order valence-corrected chi connectivity index (χ1v) is 9.93. The van der Waals surface area contributed by atoms with Gasteiger partial charge in [0.05, 0.1) is 26.0 Å². The predicted molar refractivity (Wildman–Crippen MR) is 111 cm³/mol. The zero-order valence-electron chi connectivity index (χ0n) is 16.7. The highest BCUT2D eigenvalue weighted by Crippen LogP contribution is 2.24. The number of guanidine groups is 1. The van der Waals surface area contributed by atoms with Crippen molar-refractivity contribution in [2.24, 2.45) is 4.99 Å². The number of pyridine rings is 1. The van der Waals surface area contributed by atoms with Gasteiger partial charge in [-0.05, 0) is 36.8 Å². The van der Waals surface area contributed by atoms with Crippen molar-refractivity contribution in [3.8, 4) is 11.5 Å². The number of hydrogen-bond acceptors (Lipinski definition) is 5. The number of aliphatic imine (C=N–C) groups is 1. The molecule has 0 amide bonds. The minimum atomic E-state index is -0.424. The van der Waals surface area contributed by atoms with Crippen LogP contribution < -0.4 is 15.4 Å². The second-order valence-corrected chi connectivity index (χ2v) is 6.63. The molecule has 29 heavy (non-hydrogen) atoms. The number of nitrogens with zero attached hydrogens (tertiary/aromatic N) is 3. The SMILES string of the molecule is CCNC(=NCc1ccc(Oc2cccnc2)c(F)c1)NCCN1CCOCC1. The van der Waals surface area contributed by atoms with Gasteiger partial charge in [-0.25, -0.2) is 9.38 Å². The molecule has 1 saturated heterocycles. The van der Waals surface area contributed by atoms with Crippen LogP contribution in [-0.2, 0) is 11.3 Å². The van der Waals surface area contributed by atoms with Crippen LogP contribution in [0.4, 0.5) is 4.39 Å². The van der Waals surface area contributed by atoms with Crippen LogP contribution in [-0.4, -0.2) is 61.8 Å². The molecule has 0 bridgehead atoms. The lowest BCUT2D eigenvalue weighted by atomic mass is 10.2. The summed E-state index contributed by atoms with van der Waals surface area (Å²) in [6.45, 7) is 8.38. The fourth-order valence-electron chi connectivity index (χ4n) is 2.93. The summed E-state index contributed by atoms with van der Waals surface area (Å²) in [4.78, 5) is 10.9. The van der Waals surface area contributed by atoms with Crippen molar-refractivity contribution in [2.75, 3.05) is 45.9 Å². The van der Waals surface area contributed by atoms with E-state index in [9.17, 15) is 4.39 Å². The summed E-state index contributed by atoms with van der Waals surface area (Å²) in [7, 11) is 0. The van der Waals surface area contributed by atoms with E-state index in [1.54, 1.807) is 30.6 Å². The second kappa shape index (κ2) is 11.3. The van der Waals surface area contributed by atoms with Gasteiger partial charge in [-0.2, -0.15) is 0 Å². The molecule has 8 heteroatoms. The smallest absolute Gasteiger partial charge is 0.191 e. The molecule has 2 aromatic rings. The lowest BCUT2D eigenvalue weighted by Gasteiger charge is -2.26. The predicted octanol–water partition coefficient (Wildman–Crippen LogP) is 2.40. The maximum atomic E-state index is 14.4. The molecular weight excluding hydrogens is 373 g/mol. The highest BCUT2D eigenvalue weighted by atomic mass is 19.1. The molecule has 0 radical (unpaired) electrons. The molecule has 2 heterocycles. The van der Waals surface area contributed by atoms with Gasteiger partial charge in [0.1, 0.15) is 5.75 Å². The molecule has 0 spiro atoms. The third-order valence-corrected chi connectivity index (χ3v) is 4.45. The van der Waals surface area contributed by atoms with Crippen LogP contribution in [0.15, 0.2) is 47.7 Å². The van der Waals surface area contributed by atoms with Crippen molar-refractivity contribution in [1.82, 2.24) is 20.5 Å². The number of hydrogen-bond donors (Lipinski definition) is 2. The molecule has 0 unspecified atom stereocenters. The monoisotopic (exact) mass is 401 g/mol. The molecule has 3 rings (SSSR count). The molecule has 7 nitrogen and oxygen atoms in total. The Kier molecular flexibility index (Phi) is 8.21. The van der Waals surface area contributed by atoms with Crippen molar-refractivity contribution in [2.45, 2.75) is 13.5 Å². The van der Waals surface area contributed by atoms with Crippen molar-refractivity contribution in [1.29, 1.82) is 0 Å². The maximum absolute atomic E-state index is 14.4. The number of ether oxygens (including phenoxy) is 2. The Morgan fingerprint density at radius 1 is 1.28 bits per heavy atom. The quantitative estimate of drug-likeness (QED) is 0.523. The van der Waals surface area contributed by atoms with E-state index in [0.717, 1.165) is 57.5 Å². The Balaban J connectivity index is 1.53.